The second-order valence-electron chi connectivity index (χ2n) is 4.63. The van der Waals surface area contributed by atoms with Crippen molar-refractivity contribution in [3.8, 4) is 0 Å². The maximum Gasteiger partial charge on any atom is 0.262 e. The molecule has 0 unspecified atom stereocenters. The van der Waals surface area contributed by atoms with Gasteiger partial charge in [0, 0.05) is 12.1 Å². The molecule has 0 saturated carbocycles. The van der Waals surface area contributed by atoms with Gasteiger partial charge in [0.15, 0.2) is 5.17 Å². The molecule has 5 heteroatoms. The van der Waals surface area contributed by atoms with E-state index in [2.05, 4.69) is 23.9 Å². The maximum absolute atomic E-state index is 11.8. The molecule has 15 heavy (non-hydrogen) atoms. The highest BCUT2D eigenvalue weighted by molar-refractivity contribution is 8.15. The molecule has 1 fully saturated rings. The highest BCUT2D eigenvalue weighted by Crippen LogP contribution is 2.32. The zero-order valence-corrected chi connectivity index (χ0v) is 10.3. The summed E-state index contributed by atoms with van der Waals surface area (Å²) in [4.78, 5) is 16.4. The van der Waals surface area contributed by atoms with Crippen molar-refractivity contribution in [2.45, 2.75) is 44.9 Å². The van der Waals surface area contributed by atoms with Gasteiger partial charge in [0.25, 0.3) is 5.91 Å². The average molecular weight is 225 g/mol. The summed E-state index contributed by atoms with van der Waals surface area (Å²) in [5, 5.41) is 6.46. The van der Waals surface area contributed by atoms with Crippen LogP contribution in [-0.2, 0) is 4.79 Å². The Morgan fingerprint density at radius 1 is 1.53 bits per heavy atom. The van der Waals surface area contributed by atoms with E-state index in [0.717, 1.165) is 17.3 Å². The van der Waals surface area contributed by atoms with Crippen molar-refractivity contribution in [3.05, 3.63) is 0 Å². The number of hydrogen-bond acceptors (Lipinski definition) is 4. The summed E-state index contributed by atoms with van der Waals surface area (Å²) in [6, 6.07) is 0. The summed E-state index contributed by atoms with van der Waals surface area (Å²) < 4.78 is 0. The molecule has 4 nitrogen and oxygen atoms in total. The van der Waals surface area contributed by atoms with E-state index in [1.54, 1.807) is 0 Å². The summed E-state index contributed by atoms with van der Waals surface area (Å²) in [5.41, 5.74) is 0.802. The van der Waals surface area contributed by atoms with E-state index in [-0.39, 0.29) is 16.7 Å². The van der Waals surface area contributed by atoms with Gasteiger partial charge < -0.3 is 0 Å². The molecular formula is C10H15N3OS. The Balaban J connectivity index is 2.43. The fraction of sp³-hybridized carbons (Fsp3) is 0.700. The molecule has 2 aliphatic rings. The first-order chi connectivity index (χ1) is 6.89. The van der Waals surface area contributed by atoms with E-state index in [4.69, 9.17) is 0 Å². The lowest BCUT2D eigenvalue weighted by Crippen LogP contribution is -2.26. The molecule has 1 amide bonds. The van der Waals surface area contributed by atoms with Crippen molar-refractivity contribution in [1.29, 1.82) is 0 Å². The lowest BCUT2D eigenvalue weighted by Gasteiger charge is -2.17. The van der Waals surface area contributed by atoms with E-state index in [9.17, 15) is 4.79 Å². The van der Waals surface area contributed by atoms with Crippen molar-refractivity contribution in [3.63, 3.8) is 0 Å². The molecule has 0 aromatic heterocycles. The van der Waals surface area contributed by atoms with Gasteiger partial charge >= 0.3 is 0 Å². The largest absolute Gasteiger partial charge is 0.271 e. The van der Waals surface area contributed by atoms with Gasteiger partial charge in [-0.1, -0.05) is 11.8 Å². The summed E-state index contributed by atoms with van der Waals surface area (Å²) in [5.74, 6) is 0.0378. The van der Waals surface area contributed by atoms with Crippen LogP contribution < -0.4 is 0 Å². The zero-order valence-electron chi connectivity index (χ0n) is 9.44. The quantitative estimate of drug-likeness (QED) is 0.631. The molecule has 0 N–H and O–H groups in total. The molecule has 82 valence electrons. The molecule has 1 saturated heterocycles. The van der Waals surface area contributed by atoms with E-state index in [0.29, 0.717) is 0 Å². The molecule has 0 aromatic carbocycles. The number of rotatable bonds is 0. The minimum absolute atomic E-state index is 0.0378. The lowest BCUT2D eigenvalue weighted by molar-refractivity contribution is -0.125. The van der Waals surface area contributed by atoms with Crippen molar-refractivity contribution < 1.29 is 4.79 Å². The van der Waals surface area contributed by atoms with Crippen LogP contribution in [0.2, 0.25) is 0 Å². The molecule has 0 radical (unpaired) electrons. The van der Waals surface area contributed by atoms with Gasteiger partial charge in [-0.15, -0.1) is 0 Å². The number of amides is 1. The molecule has 2 heterocycles. The molecule has 1 atom stereocenters. The molecule has 0 spiro atoms. The fourth-order valence-corrected chi connectivity index (χ4v) is 2.87. The predicted octanol–water partition coefficient (Wildman–Crippen LogP) is 1.86. The van der Waals surface area contributed by atoms with Crippen LogP contribution in [0.3, 0.4) is 0 Å². The highest BCUT2D eigenvalue weighted by Gasteiger charge is 2.38. The normalized spacial score (nSPS) is 29.5. The smallest absolute Gasteiger partial charge is 0.262 e. The van der Waals surface area contributed by atoms with Crippen LogP contribution in [0.25, 0.3) is 0 Å². The van der Waals surface area contributed by atoms with Crippen LogP contribution >= 0.6 is 11.8 Å². The first-order valence-electron chi connectivity index (χ1n) is 5.04. The van der Waals surface area contributed by atoms with Gasteiger partial charge in [0.2, 0.25) is 0 Å². The second-order valence-corrected chi connectivity index (χ2v) is 5.94. The topological polar surface area (TPSA) is 45.0 Å². The molecular weight excluding hydrogens is 210 g/mol. The van der Waals surface area contributed by atoms with Crippen LogP contribution in [0.15, 0.2) is 10.1 Å². The van der Waals surface area contributed by atoms with E-state index in [1.165, 1.54) is 16.8 Å². The Labute approximate surface area is 93.8 Å². The van der Waals surface area contributed by atoms with Gasteiger partial charge in [0.05, 0.1) is 10.8 Å². The van der Waals surface area contributed by atoms with Crippen LogP contribution in [0.1, 0.15) is 34.1 Å². The minimum Gasteiger partial charge on any atom is -0.271 e. The molecule has 0 bridgehead atoms. The number of nitrogens with zero attached hydrogens (tertiary/aromatic N) is 3. The van der Waals surface area contributed by atoms with Crippen LogP contribution in [0.4, 0.5) is 0 Å². The number of carbonyl (C=O) groups excluding carboxylic acids is 1. The first kappa shape index (κ1) is 10.7. The third-order valence-corrected chi connectivity index (χ3v) is 3.41. The third-order valence-electron chi connectivity index (χ3n) is 2.38. The number of hydrogen-bond donors (Lipinski definition) is 0. The number of aliphatic imine (C=N–C) groups is 1. The summed E-state index contributed by atoms with van der Waals surface area (Å²) in [6.07, 6.45) is 0.801. The van der Waals surface area contributed by atoms with Crippen molar-refractivity contribution in [1.82, 2.24) is 5.01 Å². The number of amidine groups is 1. The minimum atomic E-state index is -0.158. The monoisotopic (exact) mass is 225 g/mol. The van der Waals surface area contributed by atoms with Gasteiger partial charge in [0.1, 0.15) is 0 Å². The second kappa shape index (κ2) is 3.33. The van der Waals surface area contributed by atoms with Crippen LogP contribution in [0, 0.1) is 0 Å². The van der Waals surface area contributed by atoms with Gasteiger partial charge in [-0.2, -0.15) is 10.1 Å². The van der Waals surface area contributed by atoms with Crippen molar-refractivity contribution in [2.24, 2.45) is 10.1 Å². The third kappa shape index (κ3) is 1.93. The van der Waals surface area contributed by atoms with E-state index in [1.807, 2.05) is 13.8 Å². The SMILES string of the molecule is CC1=NN2C(=O)[C@H](C)SC2=NC(C)(C)C1. The molecule has 0 aromatic rings. The highest BCUT2D eigenvalue weighted by atomic mass is 32.2. The average Bonchev–Trinajstić information content (AvgIpc) is 2.29. The Morgan fingerprint density at radius 3 is 2.87 bits per heavy atom. The number of fused-ring (bicyclic) bond motifs is 1. The summed E-state index contributed by atoms with van der Waals surface area (Å²) in [6.45, 7) is 7.97. The number of hydrazone groups is 1. The standard InChI is InChI=1S/C10H15N3OS/c1-6-5-10(3,4)11-9-13(12-6)8(14)7(2)15-9/h7H,5H2,1-4H3/t7-/m0/s1. The van der Waals surface area contributed by atoms with E-state index < -0.39 is 0 Å². The van der Waals surface area contributed by atoms with Crippen molar-refractivity contribution >= 4 is 28.5 Å². The Hall–Kier alpha value is -0.840. The van der Waals surface area contributed by atoms with Gasteiger partial charge in [-0.25, -0.2) is 0 Å². The maximum atomic E-state index is 11.8. The molecule has 2 aliphatic heterocycles. The molecule has 2 rings (SSSR count). The van der Waals surface area contributed by atoms with Crippen LogP contribution in [0.5, 0.6) is 0 Å². The Bertz CT molecular complexity index is 373. The fourth-order valence-electron chi connectivity index (χ4n) is 1.82. The number of carbonyl (C=O) groups is 1. The Kier molecular flexibility index (Phi) is 2.37. The van der Waals surface area contributed by atoms with E-state index >= 15 is 0 Å². The predicted molar refractivity (Wildman–Crippen MR) is 63.1 cm³/mol. The lowest BCUT2D eigenvalue weighted by atomic mass is 9.99. The molecule has 0 aliphatic carbocycles. The van der Waals surface area contributed by atoms with Crippen LogP contribution in [-0.4, -0.2) is 32.6 Å². The van der Waals surface area contributed by atoms with Crippen molar-refractivity contribution in [2.75, 3.05) is 0 Å². The van der Waals surface area contributed by atoms with Gasteiger partial charge in [-0.3, -0.25) is 9.79 Å². The van der Waals surface area contributed by atoms with Gasteiger partial charge in [-0.05, 0) is 27.7 Å². The first-order valence-corrected chi connectivity index (χ1v) is 5.91. The summed E-state index contributed by atoms with van der Waals surface area (Å²) in [7, 11) is 0. The Morgan fingerprint density at radius 2 is 2.20 bits per heavy atom. The number of thioether (sulfide) groups is 1. The zero-order chi connectivity index (χ0) is 11.2. The summed E-state index contributed by atoms with van der Waals surface area (Å²) >= 11 is 1.49.